The maximum absolute atomic E-state index is 14.8. The van der Waals surface area contributed by atoms with E-state index in [4.69, 9.17) is 9.72 Å². The van der Waals surface area contributed by atoms with Crippen LogP contribution in [0.5, 0.6) is 5.75 Å². The number of halogens is 1. The average Bonchev–Trinajstić information content (AvgIpc) is 3.79. The molecule has 1 saturated heterocycles. The molecule has 2 aromatic carbocycles. The van der Waals surface area contributed by atoms with E-state index in [1.54, 1.807) is 18.6 Å². The summed E-state index contributed by atoms with van der Waals surface area (Å²) in [5.74, 6) is 0.659. The van der Waals surface area contributed by atoms with Crippen LogP contribution in [0.25, 0.3) is 55.8 Å². The molecular formula is C36H39FN8O2. The molecule has 1 atom stereocenters. The number of hydrogen-bond acceptors (Lipinski definition) is 8. The minimum absolute atomic E-state index is 0.0193. The summed E-state index contributed by atoms with van der Waals surface area (Å²) in [5.41, 5.74) is 6.62. The Bertz CT molecular complexity index is 2030. The molecule has 1 aliphatic rings. The van der Waals surface area contributed by atoms with Crippen LogP contribution < -0.4 is 10.1 Å². The first-order valence-electron chi connectivity index (χ1n) is 16.1. The van der Waals surface area contributed by atoms with Crippen molar-refractivity contribution in [1.29, 1.82) is 0 Å². The van der Waals surface area contributed by atoms with Crippen molar-refractivity contribution in [3.63, 3.8) is 0 Å². The Morgan fingerprint density at radius 2 is 1.87 bits per heavy atom. The number of aliphatic hydroxyl groups excluding tert-OH is 1. The molecule has 1 fully saturated rings. The second-order valence-corrected chi connectivity index (χ2v) is 13.4. The molecule has 0 saturated carbocycles. The van der Waals surface area contributed by atoms with Crippen LogP contribution in [0.3, 0.4) is 0 Å². The zero-order valence-corrected chi connectivity index (χ0v) is 26.8. The van der Waals surface area contributed by atoms with E-state index in [0.717, 1.165) is 52.9 Å². The monoisotopic (exact) mass is 634 g/mol. The minimum Gasteiger partial charge on any atom is -0.492 e. The van der Waals surface area contributed by atoms with Crippen molar-refractivity contribution < 1.29 is 14.2 Å². The van der Waals surface area contributed by atoms with Gasteiger partial charge in [-0.1, -0.05) is 26.8 Å². The Kier molecular flexibility index (Phi) is 8.33. The minimum atomic E-state index is -0.687. The molecule has 0 aliphatic carbocycles. The fourth-order valence-electron chi connectivity index (χ4n) is 6.23. The number of nitrogens with zero attached hydrogens (tertiary/aromatic N) is 5. The number of anilines is 1. The van der Waals surface area contributed by atoms with Crippen molar-refractivity contribution in [2.45, 2.75) is 46.3 Å². The first kappa shape index (κ1) is 30.8. The van der Waals surface area contributed by atoms with E-state index < -0.39 is 6.23 Å². The zero-order valence-electron chi connectivity index (χ0n) is 26.8. The van der Waals surface area contributed by atoms with Gasteiger partial charge in [0.2, 0.25) is 0 Å². The van der Waals surface area contributed by atoms with Gasteiger partial charge < -0.3 is 20.1 Å². The lowest BCUT2D eigenvalue weighted by Gasteiger charge is -2.23. The van der Waals surface area contributed by atoms with Crippen LogP contribution >= 0.6 is 0 Å². The zero-order chi connectivity index (χ0) is 32.5. The number of rotatable bonds is 10. The van der Waals surface area contributed by atoms with Gasteiger partial charge in [0.25, 0.3) is 0 Å². The van der Waals surface area contributed by atoms with Crippen molar-refractivity contribution in [1.82, 2.24) is 35.0 Å². The Hall–Kier alpha value is -4.87. The van der Waals surface area contributed by atoms with Crippen LogP contribution in [-0.2, 0) is 0 Å². The van der Waals surface area contributed by atoms with Crippen molar-refractivity contribution in [2.75, 3.05) is 31.6 Å². The summed E-state index contributed by atoms with van der Waals surface area (Å²) in [6.45, 7) is 9.78. The summed E-state index contributed by atoms with van der Waals surface area (Å²) < 4.78 is 20.8. The van der Waals surface area contributed by atoms with Gasteiger partial charge in [-0.25, -0.2) is 14.4 Å². The van der Waals surface area contributed by atoms with Crippen molar-refractivity contribution in [3.8, 4) is 39.5 Å². The molecule has 0 radical (unpaired) electrons. The molecule has 5 heterocycles. The number of ether oxygens (including phenoxy) is 1. The number of hydrogen-bond donors (Lipinski definition) is 4. The Morgan fingerprint density at radius 1 is 1.02 bits per heavy atom. The molecule has 0 bridgehead atoms. The molecule has 4 aromatic heterocycles. The highest BCUT2D eigenvalue weighted by atomic mass is 19.1. The molecule has 4 N–H and O–H groups in total. The van der Waals surface area contributed by atoms with Gasteiger partial charge in [0.1, 0.15) is 35.6 Å². The van der Waals surface area contributed by atoms with Gasteiger partial charge in [-0.15, -0.1) is 0 Å². The van der Waals surface area contributed by atoms with E-state index in [-0.39, 0.29) is 11.2 Å². The van der Waals surface area contributed by atoms with Gasteiger partial charge in [-0.3, -0.25) is 15.0 Å². The highest BCUT2D eigenvalue weighted by Crippen LogP contribution is 2.34. The summed E-state index contributed by atoms with van der Waals surface area (Å²) >= 11 is 0. The Labute approximate surface area is 272 Å². The topological polar surface area (TPSA) is 128 Å². The molecule has 7 rings (SSSR count). The number of imidazole rings is 1. The van der Waals surface area contributed by atoms with E-state index in [9.17, 15) is 9.50 Å². The number of benzene rings is 2. The second-order valence-electron chi connectivity index (χ2n) is 13.4. The standard InChI is InChI=1S/C36H39FN8O2/c1-36(2,3)19-31(46)40-26-15-24(20-38-21-26)22-6-7-30-29(17-22)33(44-43-30)35-41-32-28(8-9-39-34(32)42-35)23-14-25(37)18-27(16-23)47-13-12-45-10-4-5-11-45/h6-9,14-18,20-21,31,40,46H,4-5,10-13,19H2,1-3H3,(H,43,44)(H,39,41,42). The Morgan fingerprint density at radius 3 is 2.70 bits per heavy atom. The first-order valence-corrected chi connectivity index (χ1v) is 16.1. The van der Waals surface area contributed by atoms with Crippen LogP contribution in [0.4, 0.5) is 10.1 Å². The molecule has 0 spiro atoms. The van der Waals surface area contributed by atoms with Gasteiger partial charge in [0.05, 0.1) is 17.4 Å². The summed E-state index contributed by atoms with van der Waals surface area (Å²) in [6, 6.07) is 14.6. The lowest BCUT2D eigenvalue weighted by Crippen LogP contribution is -2.25. The molecule has 11 heteroatoms. The lowest BCUT2D eigenvalue weighted by molar-refractivity contribution is 0.145. The van der Waals surface area contributed by atoms with Crippen LogP contribution in [0.1, 0.15) is 40.0 Å². The molecule has 0 amide bonds. The van der Waals surface area contributed by atoms with Gasteiger partial charge in [0, 0.05) is 41.5 Å². The van der Waals surface area contributed by atoms with E-state index >= 15 is 0 Å². The van der Waals surface area contributed by atoms with Crippen LogP contribution in [0.2, 0.25) is 0 Å². The fraction of sp³-hybridized carbons (Fsp3) is 0.333. The summed E-state index contributed by atoms with van der Waals surface area (Å²) in [5, 5.41) is 22.3. The number of fused-ring (bicyclic) bond motifs is 2. The van der Waals surface area contributed by atoms with E-state index in [1.165, 1.54) is 25.0 Å². The van der Waals surface area contributed by atoms with Crippen molar-refractivity contribution in [3.05, 3.63) is 72.9 Å². The van der Waals surface area contributed by atoms with E-state index in [2.05, 4.69) is 56.1 Å². The van der Waals surface area contributed by atoms with Crippen molar-refractivity contribution >= 4 is 27.8 Å². The first-order chi connectivity index (χ1) is 22.7. The third kappa shape index (κ3) is 6.96. The molecule has 242 valence electrons. The van der Waals surface area contributed by atoms with Gasteiger partial charge in [0.15, 0.2) is 11.5 Å². The normalized spacial score (nSPS) is 14.7. The number of likely N-dealkylation sites (tertiary alicyclic amines) is 1. The smallest absolute Gasteiger partial charge is 0.160 e. The second kappa shape index (κ2) is 12.7. The highest BCUT2D eigenvalue weighted by Gasteiger charge is 2.19. The van der Waals surface area contributed by atoms with E-state index in [0.29, 0.717) is 47.0 Å². The molecule has 6 aromatic rings. The predicted octanol–water partition coefficient (Wildman–Crippen LogP) is 7.01. The van der Waals surface area contributed by atoms with Gasteiger partial charge in [-0.05, 0) is 85.3 Å². The fourth-order valence-corrected chi connectivity index (χ4v) is 6.23. The summed E-state index contributed by atoms with van der Waals surface area (Å²) in [4.78, 5) is 19.5. The maximum Gasteiger partial charge on any atom is 0.160 e. The van der Waals surface area contributed by atoms with Crippen LogP contribution in [-0.4, -0.2) is 72.6 Å². The lowest BCUT2D eigenvalue weighted by atomic mass is 9.91. The van der Waals surface area contributed by atoms with E-state index in [1.807, 2.05) is 36.4 Å². The third-order valence-corrected chi connectivity index (χ3v) is 8.44. The molecule has 1 aliphatic heterocycles. The van der Waals surface area contributed by atoms with Crippen molar-refractivity contribution in [2.24, 2.45) is 5.41 Å². The molecule has 1 unspecified atom stereocenters. The quantitative estimate of drug-likeness (QED) is 0.119. The number of H-pyrrole nitrogens is 2. The number of aliphatic hydroxyl groups is 1. The SMILES string of the molecule is CC(C)(C)CC(O)Nc1cncc(-c2ccc3[nH]nc(-c4nc5c(-c6cc(F)cc(OCCN7CCCC7)c6)ccnc5[nH]4)c3c2)c1. The number of pyridine rings is 2. The summed E-state index contributed by atoms with van der Waals surface area (Å²) in [7, 11) is 0. The van der Waals surface area contributed by atoms with Gasteiger partial charge in [-0.2, -0.15) is 5.10 Å². The number of aromatic nitrogens is 6. The average molecular weight is 635 g/mol. The Balaban J connectivity index is 1.17. The molecular weight excluding hydrogens is 595 g/mol. The maximum atomic E-state index is 14.8. The van der Waals surface area contributed by atoms with Crippen LogP contribution in [0.15, 0.2) is 67.1 Å². The molecule has 10 nitrogen and oxygen atoms in total. The van der Waals surface area contributed by atoms with Gasteiger partial charge >= 0.3 is 0 Å². The van der Waals surface area contributed by atoms with Crippen LogP contribution in [0, 0.1) is 11.2 Å². The molecule has 47 heavy (non-hydrogen) atoms. The highest BCUT2D eigenvalue weighted by molar-refractivity contribution is 5.97. The predicted molar refractivity (Wildman–Crippen MR) is 182 cm³/mol. The summed E-state index contributed by atoms with van der Waals surface area (Å²) in [6.07, 6.45) is 7.54. The number of nitrogens with one attached hydrogen (secondary N) is 3. The largest absolute Gasteiger partial charge is 0.492 e. The number of aromatic amines is 2. The third-order valence-electron chi connectivity index (χ3n) is 8.44.